The standard InChI is InChI=1S/C18H18N2O2/c1-12-8-13(2)17-15(9-12)18(22)20(11-19-17)16(10-21)14-6-4-3-5-7-14/h3-9,11,16,21H,10H2,1-2H3/t16-/m1/s1. The molecular weight excluding hydrogens is 276 g/mol. The Morgan fingerprint density at radius 3 is 2.59 bits per heavy atom. The smallest absolute Gasteiger partial charge is 0.261 e. The highest BCUT2D eigenvalue weighted by Crippen LogP contribution is 2.19. The number of hydrogen-bond acceptors (Lipinski definition) is 3. The molecule has 0 aliphatic carbocycles. The summed E-state index contributed by atoms with van der Waals surface area (Å²) in [6, 6.07) is 12.9. The molecule has 0 spiro atoms. The lowest BCUT2D eigenvalue weighted by Gasteiger charge is -2.18. The van der Waals surface area contributed by atoms with Gasteiger partial charge in [0.05, 0.1) is 29.9 Å². The van der Waals surface area contributed by atoms with Gasteiger partial charge in [-0.05, 0) is 36.6 Å². The number of aliphatic hydroxyl groups excluding tert-OH is 1. The van der Waals surface area contributed by atoms with E-state index in [-0.39, 0.29) is 12.2 Å². The van der Waals surface area contributed by atoms with E-state index in [4.69, 9.17) is 0 Å². The molecule has 0 aliphatic rings. The maximum atomic E-state index is 12.8. The van der Waals surface area contributed by atoms with E-state index in [2.05, 4.69) is 4.98 Å². The normalized spacial score (nSPS) is 12.5. The fraction of sp³-hybridized carbons (Fsp3) is 0.222. The molecule has 0 fully saturated rings. The highest BCUT2D eigenvalue weighted by Gasteiger charge is 2.16. The number of nitrogens with zero attached hydrogens (tertiary/aromatic N) is 2. The quantitative estimate of drug-likeness (QED) is 0.808. The molecule has 1 N–H and O–H groups in total. The molecule has 2 aromatic carbocycles. The second-order valence-electron chi connectivity index (χ2n) is 5.54. The summed E-state index contributed by atoms with van der Waals surface area (Å²) >= 11 is 0. The van der Waals surface area contributed by atoms with Crippen LogP contribution in [0.3, 0.4) is 0 Å². The lowest BCUT2D eigenvalue weighted by Crippen LogP contribution is -2.28. The second kappa shape index (κ2) is 5.73. The molecule has 3 aromatic rings. The Bertz CT molecular complexity index is 869. The zero-order chi connectivity index (χ0) is 15.7. The Hall–Kier alpha value is -2.46. The minimum Gasteiger partial charge on any atom is -0.394 e. The van der Waals surface area contributed by atoms with E-state index in [0.717, 1.165) is 22.2 Å². The fourth-order valence-corrected chi connectivity index (χ4v) is 2.86. The van der Waals surface area contributed by atoms with E-state index >= 15 is 0 Å². The van der Waals surface area contributed by atoms with Crippen molar-refractivity contribution in [1.82, 2.24) is 9.55 Å². The highest BCUT2D eigenvalue weighted by atomic mass is 16.3. The van der Waals surface area contributed by atoms with Gasteiger partial charge in [-0.2, -0.15) is 0 Å². The van der Waals surface area contributed by atoms with Crippen molar-refractivity contribution in [3.8, 4) is 0 Å². The first-order valence-electron chi connectivity index (χ1n) is 7.25. The Morgan fingerprint density at radius 2 is 1.91 bits per heavy atom. The molecule has 0 unspecified atom stereocenters. The van der Waals surface area contributed by atoms with E-state index in [1.54, 1.807) is 0 Å². The van der Waals surface area contributed by atoms with E-state index < -0.39 is 6.04 Å². The molecule has 1 atom stereocenters. The predicted molar refractivity (Wildman–Crippen MR) is 87.1 cm³/mol. The Labute approximate surface area is 128 Å². The van der Waals surface area contributed by atoms with Gasteiger partial charge in [-0.25, -0.2) is 4.98 Å². The maximum absolute atomic E-state index is 12.8. The number of fused-ring (bicyclic) bond motifs is 1. The first-order chi connectivity index (χ1) is 10.6. The zero-order valence-corrected chi connectivity index (χ0v) is 12.7. The van der Waals surface area contributed by atoms with Crippen LogP contribution in [0, 0.1) is 13.8 Å². The van der Waals surface area contributed by atoms with E-state index in [1.807, 2.05) is 56.3 Å². The van der Waals surface area contributed by atoms with E-state index in [9.17, 15) is 9.90 Å². The Morgan fingerprint density at radius 1 is 1.18 bits per heavy atom. The minimum absolute atomic E-state index is 0.125. The van der Waals surface area contributed by atoms with Crippen molar-refractivity contribution in [2.24, 2.45) is 0 Å². The third-order valence-corrected chi connectivity index (χ3v) is 3.91. The first kappa shape index (κ1) is 14.5. The number of aromatic nitrogens is 2. The van der Waals surface area contributed by atoms with Crippen LogP contribution in [0.15, 0.2) is 53.6 Å². The van der Waals surface area contributed by atoms with Gasteiger partial charge in [0.1, 0.15) is 0 Å². The monoisotopic (exact) mass is 294 g/mol. The molecule has 1 heterocycles. The van der Waals surface area contributed by atoms with Gasteiger partial charge >= 0.3 is 0 Å². The summed E-state index contributed by atoms with van der Waals surface area (Å²) in [6.07, 6.45) is 1.53. The largest absolute Gasteiger partial charge is 0.394 e. The second-order valence-corrected chi connectivity index (χ2v) is 5.54. The van der Waals surface area contributed by atoms with Gasteiger partial charge in [0.25, 0.3) is 5.56 Å². The number of aliphatic hydroxyl groups is 1. The van der Waals surface area contributed by atoms with Crippen LogP contribution in [-0.4, -0.2) is 21.3 Å². The van der Waals surface area contributed by atoms with Crippen LogP contribution in [0.4, 0.5) is 0 Å². The molecule has 22 heavy (non-hydrogen) atoms. The first-order valence-corrected chi connectivity index (χ1v) is 7.25. The average Bonchev–Trinajstić information content (AvgIpc) is 2.52. The lowest BCUT2D eigenvalue weighted by molar-refractivity contribution is 0.246. The van der Waals surface area contributed by atoms with Crippen LogP contribution in [-0.2, 0) is 0 Å². The van der Waals surface area contributed by atoms with Crippen LogP contribution in [0.25, 0.3) is 10.9 Å². The minimum atomic E-state index is -0.425. The van der Waals surface area contributed by atoms with Gasteiger partial charge in [-0.15, -0.1) is 0 Å². The summed E-state index contributed by atoms with van der Waals surface area (Å²) < 4.78 is 1.51. The predicted octanol–water partition coefficient (Wildman–Crippen LogP) is 2.60. The van der Waals surface area contributed by atoms with Crippen molar-refractivity contribution in [2.45, 2.75) is 19.9 Å². The van der Waals surface area contributed by atoms with Crippen molar-refractivity contribution in [2.75, 3.05) is 6.61 Å². The zero-order valence-electron chi connectivity index (χ0n) is 12.7. The van der Waals surface area contributed by atoms with Crippen LogP contribution in [0.5, 0.6) is 0 Å². The topological polar surface area (TPSA) is 55.1 Å². The molecule has 0 saturated carbocycles. The summed E-state index contributed by atoms with van der Waals surface area (Å²) in [6.45, 7) is 3.76. The molecule has 4 heteroatoms. The summed E-state index contributed by atoms with van der Waals surface area (Å²) in [4.78, 5) is 17.2. The Balaban J connectivity index is 2.23. The van der Waals surface area contributed by atoms with Crippen molar-refractivity contribution >= 4 is 10.9 Å². The van der Waals surface area contributed by atoms with Crippen LogP contribution >= 0.6 is 0 Å². The van der Waals surface area contributed by atoms with Crippen LogP contribution in [0.1, 0.15) is 22.7 Å². The third kappa shape index (κ3) is 2.42. The number of hydrogen-bond donors (Lipinski definition) is 1. The number of rotatable bonds is 3. The summed E-state index contributed by atoms with van der Waals surface area (Å²) in [7, 11) is 0. The van der Waals surface area contributed by atoms with Crippen molar-refractivity contribution in [3.05, 3.63) is 75.8 Å². The Kier molecular flexibility index (Phi) is 3.77. The van der Waals surface area contributed by atoms with E-state index in [1.165, 1.54) is 10.9 Å². The number of benzene rings is 2. The highest BCUT2D eigenvalue weighted by molar-refractivity contribution is 5.81. The summed E-state index contributed by atoms with van der Waals surface area (Å²) in [5.41, 5.74) is 3.50. The molecule has 0 aliphatic heterocycles. The number of aryl methyl sites for hydroxylation is 2. The van der Waals surface area contributed by atoms with Gasteiger partial charge in [-0.1, -0.05) is 36.4 Å². The molecule has 3 rings (SSSR count). The SMILES string of the molecule is Cc1cc(C)c2ncn([C@H](CO)c3ccccc3)c(=O)c2c1. The molecule has 0 amide bonds. The van der Waals surface area contributed by atoms with E-state index in [0.29, 0.717) is 5.39 Å². The molecule has 0 saturated heterocycles. The van der Waals surface area contributed by atoms with Gasteiger partial charge in [-0.3, -0.25) is 9.36 Å². The van der Waals surface area contributed by atoms with Crippen molar-refractivity contribution in [3.63, 3.8) is 0 Å². The van der Waals surface area contributed by atoms with Gasteiger partial charge in [0.15, 0.2) is 0 Å². The van der Waals surface area contributed by atoms with Gasteiger partial charge in [0.2, 0.25) is 0 Å². The summed E-state index contributed by atoms with van der Waals surface area (Å²) in [5.74, 6) is 0. The van der Waals surface area contributed by atoms with Crippen LogP contribution < -0.4 is 5.56 Å². The van der Waals surface area contributed by atoms with Crippen LogP contribution in [0.2, 0.25) is 0 Å². The average molecular weight is 294 g/mol. The molecular formula is C18H18N2O2. The molecule has 1 aromatic heterocycles. The molecule has 0 bridgehead atoms. The molecule has 4 nitrogen and oxygen atoms in total. The van der Waals surface area contributed by atoms with Gasteiger partial charge < -0.3 is 5.11 Å². The lowest BCUT2D eigenvalue weighted by atomic mass is 10.1. The third-order valence-electron chi connectivity index (χ3n) is 3.91. The van der Waals surface area contributed by atoms with Gasteiger partial charge in [0, 0.05) is 0 Å². The molecule has 0 radical (unpaired) electrons. The maximum Gasteiger partial charge on any atom is 0.261 e. The molecule has 112 valence electrons. The fourth-order valence-electron chi connectivity index (χ4n) is 2.86. The van der Waals surface area contributed by atoms with Crippen molar-refractivity contribution < 1.29 is 5.11 Å². The van der Waals surface area contributed by atoms with Crippen molar-refractivity contribution in [1.29, 1.82) is 0 Å². The summed E-state index contributed by atoms with van der Waals surface area (Å²) in [5, 5.41) is 10.3.